The molecule has 2 atom stereocenters. The van der Waals surface area contributed by atoms with E-state index in [9.17, 15) is 9.59 Å². The number of nitrogens with two attached hydrogens (primary N) is 1. The number of ether oxygens (including phenoxy) is 1. The van der Waals surface area contributed by atoms with E-state index < -0.39 is 5.91 Å². The van der Waals surface area contributed by atoms with Gasteiger partial charge < -0.3 is 20.3 Å². The maximum atomic E-state index is 12.9. The van der Waals surface area contributed by atoms with Gasteiger partial charge in [0.2, 0.25) is 11.8 Å². The van der Waals surface area contributed by atoms with Gasteiger partial charge >= 0.3 is 0 Å². The molecule has 1 aliphatic carbocycles. The average Bonchev–Trinajstić information content (AvgIpc) is 2.93. The van der Waals surface area contributed by atoms with Gasteiger partial charge in [0.05, 0.1) is 12.5 Å². The Hall–Kier alpha value is -2.08. The number of primary amides is 1. The fourth-order valence-corrected chi connectivity index (χ4v) is 4.70. The molecule has 0 unspecified atom stereocenters. The first-order chi connectivity index (χ1) is 13.6. The van der Waals surface area contributed by atoms with Gasteiger partial charge in [0.1, 0.15) is 5.75 Å². The highest BCUT2D eigenvalue weighted by atomic mass is 16.5. The third-order valence-corrected chi connectivity index (χ3v) is 6.57. The fraction of sp³-hybridized carbons (Fsp3) is 0.636. The Morgan fingerprint density at radius 3 is 2.57 bits per heavy atom. The summed E-state index contributed by atoms with van der Waals surface area (Å²) in [7, 11) is 0. The van der Waals surface area contributed by atoms with Crippen LogP contribution in [0.2, 0.25) is 0 Å². The predicted octanol–water partition coefficient (Wildman–Crippen LogP) is 2.28. The van der Waals surface area contributed by atoms with Gasteiger partial charge in [0.15, 0.2) is 0 Å². The van der Waals surface area contributed by atoms with Crippen molar-refractivity contribution in [2.45, 2.75) is 44.6 Å². The molecule has 2 amide bonds. The van der Waals surface area contributed by atoms with E-state index in [1.165, 1.54) is 19.3 Å². The molecular weight excluding hydrogens is 354 g/mol. The SMILES string of the molecule is NC(=O)c1ccc(OCCCN2C[C@H]3CC[C@@H](C2)N(CC2CCC2)C3=O)cc1. The number of piperidine rings is 1. The monoisotopic (exact) mass is 385 g/mol. The Morgan fingerprint density at radius 2 is 1.89 bits per heavy atom. The van der Waals surface area contributed by atoms with Gasteiger partial charge in [-0.05, 0) is 62.3 Å². The first kappa shape index (κ1) is 19.2. The van der Waals surface area contributed by atoms with Gasteiger partial charge in [0.25, 0.3) is 0 Å². The summed E-state index contributed by atoms with van der Waals surface area (Å²) in [5.41, 5.74) is 5.74. The van der Waals surface area contributed by atoms with Crippen LogP contribution in [0.1, 0.15) is 48.9 Å². The average molecular weight is 386 g/mol. The van der Waals surface area contributed by atoms with Crippen LogP contribution in [0, 0.1) is 11.8 Å². The van der Waals surface area contributed by atoms with Crippen molar-refractivity contribution in [3.05, 3.63) is 29.8 Å². The molecule has 1 aromatic rings. The highest BCUT2D eigenvalue weighted by molar-refractivity contribution is 5.92. The van der Waals surface area contributed by atoms with Crippen LogP contribution in [-0.2, 0) is 4.79 Å². The van der Waals surface area contributed by atoms with Crippen molar-refractivity contribution >= 4 is 11.8 Å². The third kappa shape index (κ3) is 4.32. The highest BCUT2D eigenvalue weighted by Gasteiger charge is 2.41. The van der Waals surface area contributed by atoms with Gasteiger partial charge in [-0.1, -0.05) is 6.42 Å². The molecule has 4 fully saturated rings. The topological polar surface area (TPSA) is 75.9 Å². The van der Waals surface area contributed by atoms with E-state index in [1.807, 2.05) is 0 Å². The molecule has 2 bridgehead atoms. The quantitative estimate of drug-likeness (QED) is 0.697. The molecule has 2 N–H and O–H groups in total. The molecule has 3 heterocycles. The first-order valence-electron chi connectivity index (χ1n) is 10.7. The van der Waals surface area contributed by atoms with E-state index in [4.69, 9.17) is 10.5 Å². The second kappa shape index (κ2) is 8.52. The summed E-state index contributed by atoms with van der Waals surface area (Å²) in [5.74, 6) is 1.65. The van der Waals surface area contributed by atoms with Crippen molar-refractivity contribution < 1.29 is 14.3 Å². The van der Waals surface area contributed by atoms with Crippen molar-refractivity contribution in [2.24, 2.45) is 17.6 Å². The zero-order chi connectivity index (χ0) is 19.5. The lowest BCUT2D eigenvalue weighted by Crippen LogP contribution is -2.50. The lowest BCUT2D eigenvalue weighted by atomic mass is 9.83. The van der Waals surface area contributed by atoms with Crippen LogP contribution in [0.15, 0.2) is 24.3 Å². The van der Waals surface area contributed by atoms with Crippen molar-refractivity contribution in [1.29, 1.82) is 0 Å². The minimum atomic E-state index is -0.428. The number of carbonyl (C=O) groups excluding carboxylic acids is 2. The van der Waals surface area contributed by atoms with Gasteiger partial charge in [-0.2, -0.15) is 0 Å². The molecular formula is C22H31N3O3. The van der Waals surface area contributed by atoms with Crippen LogP contribution in [-0.4, -0.2) is 60.4 Å². The fourth-order valence-electron chi connectivity index (χ4n) is 4.70. The highest BCUT2D eigenvalue weighted by Crippen LogP contribution is 2.34. The van der Waals surface area contributed by atoms with Crippen LogP contribution in [0.3, 0.4) is 0 Å². The molecule has 0 spiro atoms. The van der Waals surface area contributed by atoms with Crippen molar-refractivity contribution in [3.63, 3.8) is 0 Å². The van der Waals surface area contributed by atoms with E-state index in [2.05, 4.69) is 9.80 Å². The van der Waals surface area contributed by atoms with E-state index >= 15 is 0 Å². The standard InChI is InChI=1S/C22H31N3O3/c23-21(26)17-6-9-20(10-7-17)28-12-2-11-24-14-18-5-8-19(15-24)25(22(18)27)13-16-3-1-4-16/h6-7,9-10,16,18-19H,1-5,8,11-15H2,(H2,23,26)/t18-,19+/m1/s1. The molecule has 6 heteroatoms. The smallest absolute Gasteiger partial charge is 0.248 e. The second-order valence-corrected chi connectivity index (χ2v) is 8.57. The van der Waals surface area contributed by atoms with Gasteiger partial charge in [-0.3, -0.25) is 9.59 Å². The van der Waals surface area contributed by atoms with Crippen LogP contribution < -0.4 is 10.5 Å². The second-order valence-electron chi connectivity index (χ2n) is 8.57. The zero-order valence-electron chi connectivity index (χ0n) is 16.5. The van der Waals surface area contributed by atoms with Gasteiger partial charge in [-0.15, -0.1) is 0 Å². The number of hydrogen-bond acceptors (Lipinski definition) is 4. The maximum Gasteiger partial charge on any atom is 0.248 e. The molecule has 152 valence electrons. The van der Waals surface area contributed by atoms with Crippen LogP contribution >= 0.6 is 0 Å². The molecule has 6 nitrogen and oxygen atoms in total. The number of nitrogens with zero attached hydrogens (tertiary/aromatic N) is 2. The molecule has 28 heavy (non-hydrogen) atoms. The van der Waals surface area contributed by atoms with Gasteiger partial charge in [0, 0.05) is 37.8 Å². The Kier molecular flexibility index (Phi) is 5.85. The Balaban J connectivity index is 1.24. The largest absolute Gasteiger partial charge is 0.494 e. The summed E-state index contributed by atoms with van der Waals surface area (Å²) in [6.07, 6.45) is 7.05. The Morgan fingerprint density at radius 1 is 1.11 bits per heavy atom. The molecule has 3 saturated heterocycles. The minimum Gasteiger partial charge on any atom is -0.494 e. The maximum absolute atomic E-state index is 12.9. The van der Waals surface area contributed by atoms with E-state index in [0.29, 0.717) is 24.1 Å². The lowest BCUT2D eigenvalue weighted by molar-refractivity contribution is -0.141. The van der Waals surface area contributed by atoms with Crippen molar-refractivity contribution in [1.82, 2.24) is 9.80 Å². The molecule has 4 aliphatic rings. The summed E-state index contributed by atoms with van der Waals surface area (Å²) in [4.78, 5) is 28.6. The Bertz CT molecular complexity index is 701. The van der Waals surface area contributed by atoms with Crippen LogP contribution in [0.25, 0.3) is 0 Å². The van der Waals surface area contributed by atoms with E-state index in [1.54, 1.807) is 24.3 Å². The first-order valence-corrected chi connectivity index (χ1v) is 10.7. The number of fused-ring (bicyclic) bond motifs is 4. The predicted molar refractivity (Wildman–Crippen MR) is 107 cm³/mol. The molecule has 3 aliphatic heterocycles. The van der Waals surface area contributed by atoms with Crippen molar-refractivity contribution in [2.75, 3.05) is 32.8 Å². The Labute approximate surface area is 167 Å². The molecule has 0 aromatic heterocycles. The lowest BCUT2D eigenvalue weighted by Gasteiger charge is -2.40. The number of amides is 2. The summed E-state index contributed by atoms with van der Waals surface area (Å²) in [5, 5.41) is 0. The van der Waals surface area contributed by atoms with Crippen LogP contribution in [0.4, 0.5) is 0 Å². The van der Waals surface area contributed by atoms with E-state index in [0.717, 1.165) is 57.1 Å². The summed E-state index contributed by atoms with van der Waals surface area (Å²) in [6.45, 7) is 4.46. The minimum absolute atomic E-state index is 0.182. The van der Waals surface area contributed by atoms with Crippen molar-refractivity contribution in [3.8, 4) is 5.75 Å². The summed E-state index contributed by atoms with van der Waals surface area (Å²) in [6, 6.07) is 7.33. The zero-order valence-corrected chi connectivity index (χ0v) is 16.5. The molecule has 1 saturated carbocycles. The van der Waals surface area contributed by atoms with E-state index in [-0.39, 0.29) is 5.92 Å². The number of benzene rings is 1. The summed E-state index contributed by atoms with van der Waals surface area (Å²) < 4.78 is 5.79. The normalized spacial score (nSPS) is 25.4. The molecule has 1 aromatic carbocycles. The van der Waals surface area contributed by atoms with Gasteiger partial charge in [-0.25, -0.2) is 0 Å². The summed E-state index contributed by atoms with van der Waals surface area (Å²) >= 11 is 0. The number of rotatable bonds is 8. The number of hydrogen-bond donors (Lipinski definition) is 1. The molecule has 0 radical (unpaired) electrons. The van der Waals surface area contributed by atoms with Crippen LogP contribution in [0.5, 0.6) is 5.75 Å². The number of carbonyl (C=O) groups is 2. The molecule has 5 rings (SSSR count). The third-order valence-electron chi connectivity index (χ3n) is 6.57.